The Morgan fingerprint density at radius 3 is 2.33 bits per heavy atom. The average Bonchev–Trinajstić information content (AvgIpc) is 2.24. The molecule has 0 bridgehead atoms. The monoisotopic (exact) mass is 267 g/mol. The van der Waals surface area contributed by atoms with Crippen LogP contribution in [-0.4, -0.2) is 41.4 Å². The molecule has 0 aliphatic heterocycles. The van der Waals surface area contributed by atoms with Gasteiger partial charge in [0.05, 0.1) is 12.6 Å². The Morgan fingerprint density at radius 1 is 1.28 bits per heavy atom. The second-order valence-corrected chi connectivity index (χ2v) is 5.62. The summed E-state index contributed by atoms with van der Waals surface area (Å²) in [5.74, 6) is 0.598. The van der Waals surface area contributed by atoms with Gasteiger partial charge in [0, 0.05) is 6.04 Å². The van der Waals surface area contributed by atoms with Gasteiger partial charge < -0.3 is 5.11 Å². The van der Waals surface area contributed by atoms with E-state index in [0.29, 0.717) is 25.3 Å². The number of hydrogen-bond acceptors (Lipinski definition) is 2. The highest BCUT2D eigenvalue weighted by Crippen LogP contribution is 2.35. The molecule has 0 heterocycles. The molecule has 1 rings (SSSR count). The third-order valence-corrected chi connectivity index (χ3v) is 3.95. The number of aliphatic hydroxyl groups is 1. The van der Waals surface area contributed by atoms with E-state index in [4.69, 9.17) is 0 Å². The largest absolute Gasteiger partial charge is 0.401 e. The van der Waals surface area contributed by atoms with Crippen LogP contribution in [0.25, 0.3) is 0 Å². The van der Waals surface area contributed by atoms with Gasteiger partial charge in [0.2, 0.25) is 0 Å². The van der Waals surface area contributed by atoms with Crippen molar-refractivity contribution in [3.63, 3.8) is 0 Å². The van der Waals surface area contributed by atoms with Gasteiger partial charge in [-0.1, -0.05) is 20.8 Å². The summed E-state index contributed by atoms with van der Waals surface area (Å²) >= 11 is 0. The molecule has 0 aromatic rings. The number of rotatable bonds is 4. The zero-order valence-corrected chi connectivity index (χ0v) is 11.4. The first-order valence-corrected chi connectivity index (χ1v) is 6.73. The summed E-state index contributed by atoms with van der Waals surface area (Å²) in [6.45, 7) is 5.36. The van der Waals surface area contributed by atoms with Crippen LogP contribution in [0.5, 0.6) is 0 Å². The molecule has 0 aromatic heterocycles. The van der Waals surface area contributed by atoms with Crippen LogP contribution in [0.2, 0.25) is 0 Å². The normalized spacial score (nSPS) is 30.2. The molecule has 0 amide bonds. The summed E-state index contributed by atoms with van der Waals surface area (Å²) in [4.78, 5) is 1.48. The van der Waals surface area contributed by atoms with Crippen molar-refractivity contribution in [2.24, 2.45) is 11.8 Å². The van der Waals surface area contributed by atoms with E-state index in [1.54, 1.807) is 6.92 Å². The summed E-state index contributed by atoms with van der Waals surface area (Å²) in [7, 11) is 0. The van der Waals surface area contributed by atoms with Crippen LogP contribution in [0.3, 0.4) is 0 Å². The van der Waals surface area contributed by atoms with Crippen molar-refractivity contribution >= 4 is 0 Å². The van der Waals surface area contributed by atoms with E-state index in [-0.39, 0.29) is 12.0 Å². The Morgan fingerprint density at radius 2 is 1.89 bits per heavy atom. The van der Waals surface area contributed by atoms with Gasteiger partial charge in [-0.2, -0.15) is 13.2 Å². The third-order valence-electron chi connectivity index (χ3n) is 3.95. The molecule has 3 unspecified atom stereocenters. The lowest BCUT2D eigenvalue weighted by Gasteiger charge is -2.43. The minimum absolute atomic E-state index is 0.152. The van der Waals surface area contributed by atoms with Gasteiger partial charge in [-0.25, -0.2) is 0 Å². The first-order valence-electron chi connectivity index (χ1n) is 6.73. The minimum Gasteiger partial charge on any atom is -0.393 e. The molecule has 3 atom stereocenters. The predicted molar refractivity (Wildman–Crippen MR) is 65.3 cm³/mol. The van der Waals surface area contributed by atoms with Crippen LogP contribution in [0.4, 0.5) is 13.2 Å². The number of nitrogens with zero attached hydrogens (tertiary/aromatic N) is 1. The third kappa shape index (κ3) is 4.43. The van der Waals surface area contributed by atoms with Crippen molar-refractivity contribution in [2.45, 2.75) is 58.4 Å². The SMILES string of the molecule is CCN(CC(F)(F)F)C1CC(O)CCC1C(C)C. The first kappa shape index (κ1) is 15.8. The highest BCUT2D eigenvalue weighted by atomic mass is 19.4. The quantitative estimate of drug-likeness (QED) is 0.846. The van der Waals surface area contributed by atoms with Crippen LogP contribution in [0.1, 0.15) is 40.0 Å². The summed E-state index contributed by atoms with van der Waals surface area (Å²) < 4.78 is 37.7. The van der Waals surface area contributed by atoms with Gasteiger partial charge in [-0.05, 0) is 37.6 Å². The van der Waals surface area contributed by atoms with E-state index in [1.807, 2.05) is 0 Å². The second-order valence-electron chi connectivity index (χ2n) is 5.62. The number of hydrogen-bond donors (Lipinski definition) is 1. The summed E-state index contributed by atoms with van der Waals surface area (Å²) in [6.07, 6.45) is -2.62. The topological polar surface area (TPSA) is 23.5 Å². The molecule has 1 aliphatic carbocycles. The van der Waals surface area contributed by atoms with Gasteiger partial charge in [0.25, 0.3) is 0 Å². The molecule has 2 nitrogen and oxygen atoms in total. The highest BCUT2D eigenvalue weighted by molar-refractivity contribution is 4.88. The van der Waals surface area contributed by atoms with Crippen LogP contribution in [0.15, 0.2) is 0 Å². The fourth-order valence-corrected chi connectivity index (χ4v) is 3.04. The number of alkyl halides is 3. The molecule has 5 heteroatoms. The first-order chi connectivity index (χ1) is 8.24. The van der Waals surface area contributed by atoms with Crippen LogP contribution in [0, 0.1) is 11.8 Å². The zero-order valence-electron chi connectivity index (χ0n) is 11.4. The summed E-state index contributed by atoms with van der Waals surface area (Å²) in [6, 6.07) is -0.152. The average molecular weight is 267 g/mol. The second kappa shape index (κ2) is 6.24. The Balaban J connectivity index is 2.78. The van der Waals surface area contributed by atoms with Gasteiger partial charge >= 0.3 is 6.18 Å². The molecular formula is C13H24F3NO. The van der Waals surface area contributed by atoms with E-state index >= 15 is 0 Å². The van der Waals surface area contributed by atoms with Crippen molar-refractivity contribution in [1.29, 1.82) is 0 Å². The molecule has 1 aliphatic rings. The smallest absolute Gasteiger partial charge is 0.393 e. The van der Waals surface area contributed by atoms with Crippen molar-refractivity contribution in [1.82, 2.24) is 4.90 Å². The maximum atomic E-state index is 12.6. The molecule has 0 radical (unpaired) electrons. The summed E-state index contributed by atoms with van der Waals surface area (Å²) in [5, 5.41) is 9.71. The van der Waals surface area contributed by atoms with Gasteiger partial charge in [-0.3, -0.25) is 4.90 Å². The molecule has 0 spiro atoms. The van der Waals surface area contributed by atoms with E-state index < -0.39 is 18.8 Å². The Bertz CT molecular complexity index is 255. The minimum atomic E-state index is -4.17. The van der Waals surface area contributed by atoms with Crippen molar-refractivity contribution in [2.75, 3.05) is 13.1 Å². The fourth-order valence-electron chi connectivity index (χ4n) is 3.04. The highest BCUT2D eigenvalue weighted by Gasteiger charge is 2.39. The zero-order chi connectivity index (χ0) is 13.9. The summed E-state index contributed by atoms with van der Waals surface area (Å²) in [5.41, 5.74) is 0. The Labute approximate surface area is 107 Å². The van der Waals surface area contributed by atoms with Crippen molar-refractivity contribution in [3.8, 4) is 0 Å². The fraction of sp³-hybridized carbons (Fsp3) is 1.00. The van der Waals surface area contributed by atoms with Gasteiger partial charge in [-0.15, -0.1) is 0 Å². The molecule has 1 saturated carbocycles. The molecule has 0 aromatic carbocycles. The lowest BCUT2D eigenvalue weighted by Crippen LogP contribution is -2.50. The van der Waals surface area contributed by atoms with E-state index in [1.165, 1.54) is 4.90 Å². The van der Waals surface area contributed by atoms with Crippen molar-refractivity contribution in [3.05, 3.63) is 0 Å². The van der Waals surface area contributed by atoms with Crippen LogP contribution in [-0.2, 0) is 0 Å². The van der Waals surface area contributed by atoms with Gasteiger partial charge in [0.15, 0.2) is 0 Å². The van der Waals surface area contributed by atoms with Crippen molar-refractivity contribution < 1.29 is 18.3 Å². The molecule has 18 heavy (non-hydrogen) atoms. The van der Waals surface area contributed by atoms with E-state index in [9.17, 15) is 18.3 Å². The van der Waals surface area contributed by atoms with Crippen LogP contribution >= 0.6 is 0 Å². The standard InChI is InChI=1S/C13H24F3NO/c1-4-17(8-13(14,15)16)12-7-10(18)5-6-11(12)9(2)3/h9-12,18H,4-8H2,1-3H3. The number of aliphatic hydroxyl groups excluding tert-OH is 1. The molecule has 1 N–H and O–H groups in total. The van der Waals surface area contributed by atoms with Gasteiger partial charge in [0.1, 0.15) is 0 Å². The molecular weight excluding hydrogens is 243 g/mol. The lowest BCUT2D eigenvalue weighted by atomic mass is 9.76. The number of halogens is 3. The lowest BCUT2D eigenvalue weighted by molar-refractivity contribution is -0.157. The van der Waals surface area contributed by atoms with E-state index in [2.05, 4.69) is 13.8 Å². The Hall–Kier alpha value is -0.290. The molecule has 108 valence electrons. The Kier molecular flexibility index (Phi) is 5.46. The maximum absolute atomic E-state index is 12.6. The molecule has 0 saturated heterocycles. The van der Waals surface area contributed by atoms with Crippen LogP contribution < -0.4 is 0 Å². The van der Waals surface area contributed by atoms with E-state index in [0.717, 1.165) is 6.42 Å². The molecule has 1 fully saturated rings. The predicted octanol–water partition coefficient (Wildman–Crippen LogP) is 3.06. The maximum Gasteiger partial charge on any atom is 0.401 e.